The lowest BCUT2D eigenvalue weighted by Gasteiger charge is -2.33. The first-order valence-corrected chi connectivity index (χ1v) is 12.5. The summed E-state index contributed by atoms with van der Waals surface area (Å²) >= 11 is 0. The zero-order valence-corrected chi connectivity index (χ0v) is 21.5. The van der Waals surface area contributed by atoms with Gasteiger partial charge in [-0.05, 0) is 76.9 Å². The summed E-state index contributed by atoms with van der Waals surface area (Å²) < 4.78 is 10.6. The quantitative estimate of drug-likeness (QED) is 0.292. The van der Waals surface area contributed by atoms with Crippen molar-refractivity contribution in [3.05, 3.63) is 66.2 Å². The van der Waals surface area contributed by atoms with E-state index in [4.69, 9.17) is 14.6 Å². The Morgan fingerprint density at radius 1 is 0.946 bits per heavy atom. The summed E-state index contributed by atoms with van der Waals surface area (Å²) in [7, 11) is 0. The van der Waals surface area contributed by atoms with Crippen molar-refractivity contribution in [1.82, 2.24) is 0 Å². The fourth-order valence-electron chi connectivity index (χ4n) is 4.63. The van der Waals surface area contributed by atoms with Gasteiger partial charge in [-0.2, -0.15) is 0 Å². The number of ether oxygens (including phenoxy) is 2. The minimum absolute atomic E-state index is 0.102. The minimum atomic E-state index is -1.36. The highest BCUT2D eigenvalue weighted by Crippen LogP contribution is 2.40. The van der Waals surface area contributed by atoms with Crippen LogP contribution in [0, 0.1) is 0 Å². The molecule has 194 valence electrons. The minimum Gasteiger partial charge on any atom is -0.491 e. The number of aliphatic hydroxyl groups excluding tert-OH is 1. The molecule has 7 nitrogen and oxygen atoms in total. The van der Waals surface area contributed by atoms with Gasteiger partial charge in [0.1, 0.15) is 18.1 Å². The maximum atomic E-state index is 12.7. The lowest BCUT2D eigenvalue weighted by Crippen LogP contribution is -2.36. The molecule has 1 amide bonds. The Labute approximate surface area is 217 Å². The van der Waals surface area contributed by atoms with Crippen molar-refractivity contribution in [2.75, 3.05) is 24.7 Å². The smallest absolute Gasteiger partial charge is 0.491 e. The van der Waals surface area contributed by atoms with Crippen LogP contribution in [0.2, 0.25) is 0 Å². The SMILES string of the molecule is CC(C)(C)c1cc(-c2cc(-c3ccc(OC(=O)O)cc3)ccc2OCCO)ccc1N1CCCCC1=O. The summed E-state index contributed by atoms with van der Waals surface area (Å²) in [4.78, 5) is 25.5. The molecule has 0 unspecified atom stereocenters. The van der Waals surface area contributed by atoms with Crippen LogP contribution in [0.3, 0.4) is 0 Å². The number of nitrogens with zero attached hydrogens (tertiary/aromatic N) is 1. The van der Waals surface area contributed by atoms with Gasteiger partial charge in [-0.15, -0.1) is 0 Å². The zero-order valence-electron chi connectivity index (χ0n) is 21.5. The van der Waals surface area contributed by atoms with Crippen molar-refractivity contribution >= 4 is 17.7 Å². The van der Waals surface area contributed by atoms with Crippen molar-refractivity contribution in [3.8, 4) is 33.8 Å². The molecule has 2 N–H and O–H groups in total. The van der Waals surface area contributed by atoms with E-state index in [1.54, 1.807) is 24.3 Å². The van der Waals surface area contributed by atoms with Crippen LogP contribution in [0.4, 0.5) is 10.5 Å². The van der Waals surface area contributed by atoms with Gasteiger partial charge in [0, 0.05) is 24.2 Å². The van der Waals surface area contributed by atoms with Crippen molar-refractivity contribution in [1.29, 1.82) is 0 Å². The molecule has 0 aliphatic carbocycles. The molecule has 37 heavy (non-hydrogen) atoms. The van der Waals surface area contributed by atoms with Crippen LogP contribution in [0.5, 0.6) is 11.5 Å². The molecule has 0 aromatic heterocycles. The number of amides is 1. The maximum Gasteiger partial charge on any atom is 0.511 e. The number of aliphatic hydroxyl groups is 1. The van der Waals surface area contributed by atoms with Crippen molar-refractivity contribution in [2.24, 2.45) is 0 Å². The second-order valence-electron chi connectivity index (χ2n) is 10.2. The summed E-state index contributed by atoms with van der Waals surface area (Å²) in [6, 6.07) is 18.8. The van der Waals surface area contributed by atoms with Gasteiger partial charge in [0.2, 0.25) is 5.91 Å². The molecule has 0 atom stereocenters. The second kappa shape index (κ2) is 11.0. The Balaban J connectivity index is 1.79. The van der Waals surface area contributed by atoms with Gasteiger partial charge in [0.15, 0.2) is 0 Å². The summed E-state index contributed by atoms with van der Waals surface area (Å²) in [5.41, 5.74) is 5.43. The molecule has 1 aliphatic rings. The van der Waals surface area contributed by atoms with E-state index >= 15 is 0 Å². The summed E-state index contributed by atoms with van der Waals surface area (Å²) in [5.74, 6) is 1.05. The number of benzene rings is 3. The second-order valence-corrected chi connectivity index (χ2v) is 10.2. The number of carbonyl (C=O) groups is 2. The van der Waals surface area contributed by atoms with Crippen LogP contribution in [-0.4, -0.2) is 42.0 Å². The summed E-state index contributed by atoms with van der Waals surface area (Å²) in [6.45, 7) is 7.22. The van der Waals surface area contributed by atoms with Gasteiger partial charge in [-0.1, -0.05) is 45.0 Å². The van der Waals surface area contributed by atoms with Crippen LogP contribution >= 0.6 is 0 Å². The van der Waals surface area contributed by atoms with Crippen molar-refractivity contribution < 1.29 is 29.3 Å². The number of hydrogen-bond donors (Lipinski definition) is 2. The van der Waals surface area contributed by atoms with Crippen LogP contribution in [-0.2, 0) is 10.2 Å². The predicted molar refractivity (Wildman–Crippen MR) is 143 cm³/mol. The third-order valence-electron chi connectivity index (χ3n) is 6.45. The maximum absolute atomic E-state index is 12.7. The molecule has 4 rings (SSSR count). The monoisotopic (exact) mass is 503 g/mol. The molecule has 0 radical (unpaired) electrons. The average molecular weight is 504 g/mol. The number of anilines is 1. The predicted octanol–water partition coefficient (Wildman–Crippen LogP) is 6.26. The van der Waals surface area contributed by atoms with Crippen LogP contribution < -0.4 is 14.4 Å². The highest BCUT2D eigenvalue weighted by atomic mass is 16.7. The Bertz CT molecular complexity index is 1280. The van der Waals surface area contributed by atoms with E-state index in [2.05, 4.69) is 26.8 Å². The molecule has 3 aromatic rings. The van der Waals surface area contributed by atoms with Gasteiger partial charge >= 0.3 is 6.16 Å². The number of piperidine rings is 1. The Hall–Kier alpha value is -3.84. The molecular formula is C30H33NO6. The standard InChI is InChI=1S/C30H33NO6/c1-30(2,3)25-19-22(9-13-26(25)31-15-5-4-6-28(31)33)24-18-21(10-14-27(24)36-17-16-32)20-7-11-23(12-8-20)37-29(34)35/h7-14,18-19,32H,4-6,15-17H2,1-3H3,(H,34,35). The molecule has 3 aromatic carbocycles. The Morgan fingerprint density at radius 2 is 1.65 bits per heavy atom. The first-order chi connectivity index (χ1) is 17.7. The number of hydrogen-bond acceptors (Lipinski definition) is 5. The lowest BCUT2D eigenvalue weighted by molar-refractivity contribution is -0.119. The fourth-order valence-corrected chi connectivity index (χ4v) is 4.63. The Kier molecular flexibility index (Phi) is 7.83. The highest BCUT2D eigenvalue weighted by molar-refractivity contribution is 5.95. The Morgan fingerprint density at radius 3 is 2.30 bits per heavy atom. The molecular weight excluding hydrogens is 470 g/mol. The highest BCUT2D eigenvalue weighted by Gasteiger charge is 2.27. The summed E-state index contributed by atoms with van der Waals surface area (Å²) in [6.07, 6.45) is 1.14. The van der Waals surface area contributed by atoms with E-state index in [1.807, 2.05) is 35.2 Å². The van der Waals surface area contributed by atoms with Gasteiger partial charge in [0.25, 0.3) is 0 Å². The van der Waals surface area contributed by atoms with E-state index in [0.29, 0.717) is 12.2 Å². The fraction of sp³-hybridized carbons (Fsp3) is 0.333. The number of carbonyl (C=O) groups excluding carboxylic acids is 1. The van der Waals surface area contributed by atoms with E-state index in [1.165, 1.54) is 0 Å². The third-order valence-corrected chi connectivity index (χ3v) is 6.45. The number of carboxylic acid groups (broad SMARTS) is 1. The topological polar surface area (TPSA) is 96.3 Å². The van der Waals surface area contributed by atoms with E-state index in [0.717, 1.165) is 52.9 Å². The van der Waals surface area contributed by atoms with E-state index in [-0.39, 0.29) is 30.3 Å². The first-order valence-electron chi connectivity index (χ1n) is 12.5. The molecule has 1 aliphatic heterocycles. The third kappa shape index (κ3) is 6.12. The molecule has 1 fully saturated rings. The van der Waals surface area contributed by atoms with Crippen LogP contribution in [0.1, 0.15) is 45.6 Å². The molecule has 1 saturated heterocycles. The molecule has 0 bridgehead atoms. The molecule has 0 saturated carbocycles. The van der Waals surface area contributed by atoms with Gasteiger partial charge < -0.3 is 24.6 Å². The van der Waals surface area contributed by atoms with Gasteiger partial charge in [0.05, 0.1) is 6.61 Å². The average Bonchev–Trinajstić information content (AvgIpc) is 2.87. The molecule has 7 heteroatoms. The molecule has 1 heterocycles. The number of rotatable bonds is 7. The van der Waals surface area contributed by atoms with Crippen molar-refractivity contribution in [3.63, 3.8) is 0 Å². The summed E-state index contributed by atoms with van der Waals surface area (Å²) in [5, 5.41) is 18.2. The zero-order chi connectivity index (χ0) is 26.6. The lowest BCUT2D eigenvalue weighted by atomic mass is 9.83. The normalized spacial score (nSPS) is 13.9. The van der Waals surface area contributed by atoms with Gasteiger partial charge in [-0.25, -0.2) is 4.79 Å². The largest absolute Gasteiger partial charge is 0.511 e. The first kappa shape index (κ1) is 26.2. The van der Waals surface area contributed by atoms with Crippen LogP contribution in [0.15, 0.2) is 60.7 Å². The van der Waals surface area contributed by atoms with Crippen molar-refractivity contribution in [2.45, 2.75) is 45.4 Å². The van der Waals surface area contributed by atoms with Gasteiger partial charge in [-0.3, -0.25) is 4.79 Å². The van der Waals surface area contributed by atoms with E-state index < -0.39 is 6.16 Å². The molecule has 0 spiro atoms. The van der Waals surface area contributed by atoms with E-state index in [9.17, 15) is 14.7 Å². The van der Waals surface area contributed by atoms with Crippen LogP contribution in [0.25, 0.3) is 22.3 Å².